The van der Waals surface area contributed by atoms with Crippen LogP contribution in [0.2, 0.25) is 5.02 Å². The molecule has 2 N–H and O–H groups in total. The highest BCUT2D eigenvalue weighted by atomic mass is 35.5. The largest absolute Gasteiger partial charge is 0.496 e. The van der Waals surface area contributed by atoms with E-state index in [4.69, 9.17) is 21.4 Å². The van der Waals surface area contributed by atoms with E-state index in [1.165, 1.54) is 30.7 Å². The molecule has 0 saturated carbocycles. The van der Waals surface area contributed by atoms with Gasteiger partial charge in [-0.25, -0.2) is 0 Å². The van der Waals surface area contributed by atoms with Gasteiger partial charge in [-0.3, -0.25) is 4.79 Å². The number of hydrogen-bond acceptors (Lipinski definition) is 4. The second-order valence-corrected chi connectivity index (χ2v) is 7.29. The molecular weight excluding hydrogens is 427 g/mol. The number of aliphatic hydroxyl groups excluding tert-OH is 1. The number of aromatic nitrogens is 1. The molecule has 29 heavy (non-hydrogen) atoms. The van der Waals surface area contributed by atoms with Gasteiger partial charge in [0.2, 0.25) is 0 Å². The molecule has 0 radical (unpaired) electrons. The van der Waals surface area contributed by atoms with Gasteiger partial charge < -0.3 is 14.8 Å². The number of ether oxygens (including phenoxy) is 1. The molecule has 3 aromatic rings. The Kier molecular flexibility index (Phi) is 6.26. The lowest BCUT2D eigenvalue weighted by Gasteiger charge is -2.16. The fourth-order valence-corrected chi connectivity index (χ4v) is 3.85. The highest BCUT2D eigenvalue weighted by Crippen LogP contribution is 2.42. The Balaban J connectivity index is 2.44. The molecule has 9 heteroatoms. The summed E-state index contributed by atoms with van der Waals surface area (Å²) in [5.74, 6) is 0.353. The molecule has 0 amide bonds. The average molecular weight is 442 g/mol. The number of benzene rings is 2. The van der Waals surface area contributed by atoms with Gasteiger partial charge in [-0.05, 0) is 41.8 Å². The molecule has 0 aliphatic rings. The van der Waals surface area contributed by atoms with Crippen molar-refractivity contribution >= 4 is 34.3 Å². The Bertz CT molecular complexity index is 1140. The number of halogens is 4. The minimum Gasteiger partial charge on any atom is -0.496 e. The summed E-state index contributed by atoms with van der Waals surface area (Å²) in [7, 11) is 1.42. The second-order valence-electron chi connectivity index (χ2n) is 5.93. The van der Waals surface area contributed by atoms with E-state index in [2.05, 4.69) is 4.98 Å². The van der Waals surface area contributed by atoms with E-state index in [0.717, 1.165) is 23.9 Å². The zero-order chi connectivity index (χ0) is 21.2. The summed E-state index contributed by atoms with van der Waals surface area (Å²) in [4.78, 5) is 15.5. The number of pyridine rings is 1. The fraction of sp³-hybridized carbons (Fsp3) is 0.150. The van der Waals surface area contributed by atoms with E-state index in [0.29, 0.717) is 16.3 Å². The molecule has 2 aromatic carbocycles. The van der Waals surface area contributed by atoms with Crippen LogP contribution in [0.15, 0.2) is 57.6 Å². The Hall–Kier alpha value is -2.42. The van der Waals surface area contributed by atoms with Crippen molar-refractivity contribution in [1.82, 2.24) is 4.98 Å². The molecule has 152 valence electrons. The molecule has 0 fully saturated rings. The second kappa shape index (κ2) is 8.52. The standard InChI is InChI=1S/C20H15ClF3NO3S/c1-28-16-6-4-12(21)10-14(16)17-13-9-11(20(22,23)24)3-5-15(13)25-19(27)18(17)29-8-2-7-26/h2-6,8-10,26H,7H2,1H3,(H,25,27)/b8-2+. The van der Waals surface area contributed by atoms with Crippen LogP contribution < -0.4 is 10.3 Å². The Morgan fingerprint density at radius 3 is 2.66 bits per heavy atom. The summed E-state index contributed by atoms with van der Waals surface area (Å²) >= 11 is 7.10. The molecule has 1 aromatic heterocycles. The number of nitrogens with one attached hydrogen (secondary N) is 1. The smallest absolute Gasteiger partial charge is 0.416 e. The number of thioether (sulfide) groups is 1. The Morgan fingerprint density at radius 1 is 1.24 bits per heavy atom. The van der Waals surface area contributed by atoms with E-state index in [9.17, 15) is 18.0 Å². The van der Waals surface area contributed by atoms with Crippen LogP contribution in [0, 0.1) is 0 Å². The third-order valence-corrected chi connectivity index (χ3v) is 5.30. The van der Waals surface area contributed by atoms with E-state index < -0.39 is 17.3 Å². The lowest BCUT2D eigenvalue weighted by atomic mass is 9.98. The van der Waals surface area contributed by atoms with E-state index in [1.807, 2.05) is 0 Å². The van der Waals surface area contributed by atoms with Crippen LogP contribution in [0.1, 0.15) is 5.56 Å². The molecule has 1 heterocycles. The first-order valence-electron chi connectivity index (χ1n) is 8.30. The maximum atomic E-state index is 13.3. The van der Waals surface area contributed by atoms with Crippen molar-refractivity contribution in [3.8, 4) is 16.9 Å². The molecule has 0 unspecified atom stereocenters. The monoisotopic (exact) mass is 441 g/mol. The lowest BCUT2D eigenvalue weighted by Crippen LogP contribution is -2.12. The first-order valence-corrected chi connectivity index (χ1v) is 9.55. The van der Waals surface area contributed by atoms with Gasteiger partial charge in [0.15, 0.2) is 0 Å². The number of hydrogen-bond donors (Lipinski definition) is 2. The highest BCUT2D eigenvalue weighted by Gasteiger charge is 2.31. The van der Waals surface area contributed by atoms with Gasteiger partial charge in [0.1, 0.15) is 5.75 Å². The predicted molar refractivity (Wildman–Crippen MR) is 109 cm³/mol. The van der Waals surface area contributed by atoms with Crippen molar-refractivity contribution in [3.63, 3.8) is 0 Å². The summed E-state index contributed by atoms with van der Waals surface area (Å²) in [6, 6.07) is 7.82. The van der Waals surface area contributed by atoms with E-state index in [-0.39, 0.29) is 28.0 Å². The summed E-state index contributed by atoms with van der Waals surface area (Å²) in [5, 5.41) is 11.0. The summed E-state index contributed by atoms with van der Waals surface area (Å²) in [5.41, 5.74) is -0.435. The van der Waals surface area contributed by atoms with Crippen LogP contribution in [0.5, 0.6) is 5.75 Å². The number of rotatable bonds is 5. The van der Waals surface area contributed by atoms with Gasteiger partial charge in [-0.1, -0.05) is 29.4 Å². The Morgan fingerprint density at radius 2 is 2.00 bits per heavy atom. The van der Waals surface area contributed by atoms with Crippen molar-refractivity contribution in [3.05, 3.63) is 68.8 Å². The first-order chi connectivity index (χ1) is 13.8. The van der Waals surface area contributed by atoms with Gasteiger partial charge in [0.25, 0.3) is 5.56 Å². The zero-order valence-corrected chi connectivity index (χ0v) is 16.6. The van der Waals surface area contributed by atoms with E-state index >= 15 is 0 Å². The quantitative estimate of drug-likeness (QED) is 0.515. The number of aliphatic hydroxyl groups is 1. The van der Waals surface area contributed by atoms with Crippen molar-refractivity contribution in [2.75, 3.05) is 13.7 Å². The molecule has 0 spiro atoms. The van der Waals surface area contributed by atoms with Gasteiger partial charge in [0, 0.05) is 27.1 Å². The third-order valence-electron chi connectivity index (χ3n) is 4.12. The Labute approximate surface area is 173 Å². The molecule has 3 rings (SSSR count). The first kappa shape index (κ1) is 21.3. The van der Waals surface area contributed by atoms with Crippen LogP contribution in [-0.4, -0.2) is 23.8 Å². The molecule has 0 aliphatic heterocycles. The highest BCUT2D eigenvalue weighted by molar-refractivity contribution is 8.02. The SMILES string of the molecule is COc1ccc(Cl)cc1-c1c(S/C=C/CO)c(=O)[nH]c2ccc(C(F)(F)F)cc12. The summed E-state index contributed by atoms with van der Waals surface area (Å²) < 4.78 is 45.3. The van der Waals surface area contributed by atoms with Crippen molar-refractivity contribution in [2.45, 2.75) is 11.1 Å². The normalized spacial score (nSPS) is 12.1. The summed E-state index contributed by atoms with van der Waals surface area (Å²) in [6.07, 6.45) is -3.14. The van der Waals surface area contributed by atoms with Crippen LogP contribution in [0.3, 0.4) is 0 Å². The van der Waals surface area contributed by atoms with Gasteiger partial charge in [-0.2, -0.15) is 13.2 Å². The van der Waals surface area contributed by atoms with Crippen LogP contribution >= 0.6 is 23.4 Å². The van der Waals surface area contributed by atoms with E-state index in [1.54, 1.807) is 12.1 Å². The summed E-state index contributed by atoms with van der Waals surface area (Å²) in [6.45, 7) is -0.244. The number of aromatic amines is 1. The van der Waals surface area contributed by atoms with Gasteiger partial charge >= 0.3 is 6.18 Å². The minimum atomic E-state index is -4.55. The number of methoxy groups -OCH3 is 1. The minimum absolute atomic E-state index is 0.155. The lowest BCUT2D eigenvalue weighted by molar-refractivity contribution is -0.137. The third kappa shape index (κ3) is 4.44. The van der Waals surface area contributed by atoms with Crippen LogP contribution in [0.4, 0.5) is 13.2 Å². The zero-order valence-electron chi connectivity index (χ0n) is 15.0. The molecular formula is C20H15ClF3NO3S. The van der Waals surface area contributed by atoms with Gasteiger partial charge in [0.05, 0.1) is 24.2 Å². The number of alkyl halides is 3. The topological polar surface area (TPSA) is 62.3 Å². The number of fused-ring (bicyclic) bond motifs is 1. The van der Waals surface area contributed by atoms with Crippen LogP contribution in [0.25, 0.3) is 22.0 Å². The van der Waals surface area contributed by atoms with Crippen LogP contribution in [-0.2, 0) is 6.18 Å². The molecule has 0 atom stereocenters. The van der Waals surface area contributed by atoms with Crippen molar-refractivity contribution < 1.29 is 23.0 Å². The maximum absolute atomic E-state index is 13.3. The van der Waals surface area contributed by atoms with Gasteiger partial charge in [-0.15, -0.1) is 0 Å². The average Bonchev–Trinajstić information content (AvgIpc) is 2.67. The number of H-pyrrole nitrogens is 1. The fourth-order valence-electron chi connectivity index (χ4n) is 2.87. The molecule has 0 aliphatic carbocycles. The molecule has 4 nitrogen and oxygen atoms in total. The van der Waals surface area contributed by atoms with Crippen molar-refractivity contribution in [1.29, 1.82) is 0 Å². The van der Waals surface area contributed by atoms with Crippen molar-refractivity contribution in [2.24, 2.45) is 0 Å². The molecule has 0 bridgehead atoms. The molecule has 0 saturated heterocycles. The predicted octanol–water partition coefficient (Wildman–Crippen LogP) is 5.47. The maximum Gasteiger partial charge on any atom is 0.416 e.